The molecule has 2 N–H and O–H groups in total. The zero-order chi connectivity index (χ0) is 21.8. The van der Waals surface area contributed by atoms with Crippen molar-refractivity contribution < 1.29 is 17.9 Å². The Labute approximate surface area is 178 Å². The second kappa shape index (κ2) is 9.31. The highest BCUT2D eigenvalue weighted by molar-refractivity contribution is 7.90. The van der Waals surface area contributed by atoms with Crippen LogP contribution in [0.4, 0.5) is 0 Å². The molecule has 1 aromatic carbocycles. The fourth-order valence-corrected chi connectivity index (χ4v) is 4.53. The predicted octanol–water partition coefficient (Wildman–Crippen LogP) is 3.01. The molecule has 1 aliphatic carbocycles. The summed E-state index contributed by atoms with van der Waals surface area (Å²) in [5, 5.41) is 3.94. The quantitative estimate of drug-likeness (QED) is 0.654. The number of rotatable bonds is 7. The number of nitrogens with zero attached hydrogens (tertiary/aromatic N) is 1. The minimum absolute atomic E-state index is 0.0124. The summed E-state index contributed by atoms with van der Waals surface area (Å²) in [6, 6.07) is 9.49. The number of carbonyl (C=O) groups is 1. The Hall–Kier alpha value is -2.19. The smallest absolute Gasteiger partial charge is 0.223 e. The van der Waals surface area contributed by atoms with Crippen molar-refractivity contribution in [3.05, 3.63) is 36.5 Å². The van der Waals surface area contributed by atoms with E-state index in [9.17, 15) is 13.2 Å². The number of nitrogens with one attached hydrogen (secondary N) is 2. The van der Waals surface area contributed by atoms with Crippen LogP contribution in [0, 0.1) is 5.92 Å². The van der Waals surface area contributed by atoms with Crippen molar-refractivity contribution in [1.29, 1.82) is 0 Å². The Balaban J connectivity index is 1.38. The lowest BCUT2D eigenvalue weighted by molar-refractivity contribution is -0.126. The molecule has 1 amide bonds. The zero-order valence-electron chi connectivity index (χ0n) is 17.8. The largest absolute Gasteiger partial charge is 0.492 e. The van der Waals surface area contributed by atoms with Crippen molar-refractivity contribution in [2.45, 2.75) is 57.2 Å². The number of fused-ring (bicyclic) bond motifs is 1. The molecule has 0 bridgehead atoms. The maximum absolute atomic E-state index is 12.4. The molecule has 8 heteroatoms. The van der Waals surface area contributed by atoms with Crippen LogP contribution in [0.3, 0.4) is 0 Å². The van der Waals surface area contributed by atoms with Gasteiger partial charge in [0, 0.05) is 23.5 Å². The van der Waals surface area contributed by atoms with Crippen molar-refractivity contribution >= 4 is 26.8 Å². The molecule has 0 radical (unpaired) electrons. The molecule has 0 saturated heterocycles. The van der Waals surface area contributed by atoms with Crippen LogP contribution in [0.15, 0.2) is 36.5 Å². The van der Waals surface area contributed by atoms with Gasteiger partial charge in [0.1, 0.15) is 12.4 Å². The number of hydrogen-bond acceptors (Lipinski definition) is 5. The third-order valence-electron chi connectivity index (χ3n) is 5.47. The Morgan fingerprint density at radius 2 is 1.90 bits per heavy atom. The monoisotopic (exact) mass is 433 g/mol. The van der Waals surface area contributed by atoms with Gasteiger partial charge >= 0.3 is 0 Å². The van der Waals surface area contributed by atoms with Crippen molar-refractivity contribution in [3.63, 3.8) is 0 Å². The molecule has 1 aliphatic rings. The lowest BCUT2D eigenvalue weighted by atomic mass is 9.86. The minimum atomic E-state index is -3.36. The number of pyridine rings is 1. The summed E-state index contributed by atoms with van der Waals surface area (Å²) < 4.78 is 32.3. The molecular weight excluding hydrogens is 402 g/mol. The molecule has 0 aliphatic heterocycles. The van der Waals surface area contributed by atoms with Crippen LogP contribution in [0.25, 0.3) is 10.9 Å². The van der Waals surface area contributed by atoms with E-state index in [-0.39, 0.29) is 17.9 Å². The van der Waals surface area contributed by atoms with Gasteiger partial charge in [-0.2, -0.15) is 0 Å². The first-order valence-corrected chi connectivity index (χ1v) is 11.9. The van der Waals surface area contributed by atoms with E-state index in [1.165, 1.54) is 0 Å². The number of carbonyl (C=O) groups excluding carboxylic acids is 1. The standard InChI is InChI=1S/C22H31N3O4S/c1-22(2,3)30(27,28)25-18-8-6-16(7-9-18)21(26)24-13-14-29-19-10-11-20-17(15-19)5-4-12-23-20/h4-5,10-12,15-16,18,25H,6-9,13-14H2,1-3H3,(H,24,26). The third-order valence-corrected chi connectivity index (χ3v) is 7.73. The summed E-state index contributed by atoms with van der Waals surface area (Å²) in [7, 11) is -3.36. The van der Waals surface area contributed by atoms with Crippen LogP contribution in [0.5, 0.6) is 5.75 Å². The molecule has 7 nitrogen and oxygen atoms in total. The average Bonchev–Trinajstić information content (AvgIpc) is 2.70. The summed E-state index contributed by atoms with van der Waals surface area (Å²) >= 11 is 0. The topological polar surface area (TPSA) is 97.4 Å². The van der Waals surface area contributed by atoms with Gasteiger partial charge < -0.3 is 10.1 Å². The van der Waals surface area contributed by atoms with Crippen molar-refractivity contribution in [3.8, 4) is 5.75 Å². The fraction of sp³-hybridized carbons (Fsp3) is 0.545. The van der Waals surface area contributed by atoms with Gasteiger partial charge in [-0.05, 0) is 70.7 Å². The van der Waals surface area contributed by atoms with Crippen LogP contribution in [-0.2, 0) is 14.8 Å². The number of sulfonamides is 1. The molecule has 30 heavy (non-hydrogen) atoms. The molecule has 1 saturated carbocycles. The minimum Gasteiger partial charge on any atom is -0.492 e. The molecule has 0 spiro atoms. The van der Waals surface area contributed by atoms with E-state index in [2.05, 4.69) is 15.0 Å². The van der Waals surface area contributed by atoms with Crippen LogP contribution < -0.4 is 14.8 Å². The summed E-state index contributed by atoms with van der Waals surface area (Å²) in [5.74, 6) is 0.682. The van der Waals surface area contributed by atoms with E-state index in [1.54, 1.807) is 27.0 Å². The van der Waals surface area contributed by atoms with Gasteiger partial charge in [-0.15, -0.1) is 0 Å². The summed E-state index contributed by atoms with van der Waals surface area (Å²) in [4.78, 5) is 16.7. The maximum Gasteiger partial charge on any atom is 0.223 e. The highest BCUT2D eigenvalue weighted by Gasteiger charge is 2.33. The molecular formula is C22H31N3O4S. The molecule has 2 aromatic rings. The van der Waals surface area contributed by atoms with Crippen molar-refractivity contribution in [2.75, 3.05) is 13.2 Å². The Morgan fingerprint density at radius 3 is 2.60 bits per heavy atom. The first-order chi connectivity index (χ1) is 14.2. The van der Waals surface area contributed by atoms with Gasteiger partial charge in [-0.25, -0.2) is 13.1 Å². The van der Waals surface area contributed by atoms with Crippen molar-refractivity contribution in [2.24, 2.45) is 5.92 Å². The van der Waals surface area contributed by atoms with Gasteiger partial charge in [0.2, 0.25) is 15.9 Å². The van der Waals surface area contributed by atoms with Gasteiger partial charge in [-0.1, -0.05) is 6.07 Å². The molecule has 0 unspecified atom stereocenters. The van der Waals surface area contributed by atoms with Gasteiger partial charge in [-0.3, -0.25) is 9.78 Å². The zero-order valence-corrected chi connectivity index (χ0v) is 18.7. The van der Waals surface area contributed by atoms with Crippen LogP contribution in [0.2, 0.25) is 0 Å². The number of hydrogen-bond donors (Lipinski definition) is 2. The average molecular weight is 434 g/mol. The number of benzene rings is 1. The first-order valence-electron chi connectivity index (χ1n) is 10.4. The van der Waals surface area contributed by atoms with Gasteiger partial charge in [0.15, 0.2) is 0 Å². The number of ether oxygens (including phenoxy) is 1. The highest BCUT2D eigenvalue weighted by Crippen LogP contribution is 2.26. The fourth-order valence-electron chi connectivity index (χ4n) is 3.50. The number of amides is 1. The molecule has 1 fully saturated rings. The highest BCUT2D eigenvalue weighted by atomic mass is 32.2. The van der Waals surface area contributed by atoms with E-state index in [0.29, 0.717) is 38.8 Å². The maximum atomic E-state index is 12.4. The Kier molecular flexibility index (Phi) is 6.98. The Morgan fingerprint density at radius 1 is 1.17 bits per heavy atom. The van der Waals surface area contributed by atoms with Gasteiger partial charge in [0.25, 0.3) is 0 Å². The van der Waals surface area contributed by atoms with E-state index < -0.39 is 14.8 Å². The van der Waals surface area contributed by atoms with Crippen LogP contribution in [-0.4, -0.2) is 43.2 Å². The normalized spacial score (nSPS) is 20.1. The van der Waals surface area contributed by atoms with Gasteiger partial charge in [0.05, 0.1) is 16.8 Å². The molecule has 1 aromatic heterocycles. The number of aromatic nitrogens is 1. The van der Waals surface area contributed by atoms with Crippen LogP contribution in [0.1, 0.15) is 46.5 Å². The summed E-state index contributed by atoms with van der Waals surface area (Å²) in [5.41, 5.74) is 0.915. The van der Waals surface area contributed by atoms with Crippen LogP contribution >= 0.6 is 0 Å². The lowest BCUT2D eigenvalue weighted by Gasteiger charge is -2.30. The molecule has 1 heterocycles. The van der Waals surface area contributed by atoms with E-state index >= 15 is 0 Å². The SMILES string of the molecule is CC(C)(C)S(=O)(=O)NC1CCC(C(=O)NCCOc2ccc3ncccc3c2)CC1. The third kappa shape index (κ3) is 5.70. The Bertz CT molecular complexity index is 977. The van der Waals surface area contributed by atoms with Crippen molar-refractivity contribution in [1.82, 2.24) is 15.0 Å². The molecule has 3 rings (SSSR count). The predicted molar refractivity (Wildman–Crippen MR) is 118 cm³/mol. The second-order valence-corrected chi connectivity index (χ2v) is 11.2. The summed E-state index contributed by atoms with van der Waals surface area (Å²) in [6.07, 6.45) is 4.47. The first kappa shape index (κ1) is 22.5. The van der Waals surface area contributed by atoms with E-state index in [4.69, 9.17) is 4.74 Å². The molecule has 0 atom stereocenters. The second-order valence-electron chi connectivity index (χ2n) is 8.78. The lowest BCUT2D eigenvalue weighted by Crippen LogP contribution is -2.46. The summed E-state index contributed by atoms with van der Waals surface area (Å²) in [6.45, 7) is 5.88. The van der Waals surface area contributed by atoms with E-state index in [0.717, 1.165) is 16.7 Å². The van der Waals surface area contributed by atoms with E-state index in [1.807, 2.05) is 30.3 Å². The molecule has 164 valence electrons.